The third kappa shape index (κ3) is 9.66. The van der Waals surface area contributed by atoms with E-state index in [-0.39, 0.29) is 0 Å². The molecule has 0 fully saturated rings. The van der Waals surface area contributed by atoms with Crippen LogP contribution < -0.4 is 5.32 Å². The second kappa shape index (κ2) is 8.75. The van der Waals surface area contributed by atoms with Gasteiger partial charge in [-0.1, -0.05) is 12.5 Å². The number of ether oxygens (including phenoxy) is 1. The van der Waals surface area contributed by atoms with Crippen molar-refractivity contribution in [2.75, 3.05) is 26.3 Å². The fourth-order valence-electron chi connectivity index (χ4n) is 0.795. The Labute approximate surface area is 76.0 Å². The van der Waals surface area contributed by atoms with Crippen molar-refractivity contribution in [3.8, 4) is 0 Å². The maximum absolute atomic E-state index is 5.37. The molecule has 2 nitrogen and oxygen atoms in total. The second-order valence-electron chi connectivity index (χ2n) is 3.07. The number of hydrogen-bond acceptors (Lipinski definition) is 2. The molecule has 0 spiro atoms. The van der Waals surface area contributed by atoms with Gasteiger partial charge in [0.2, 0.25) is 0 Å². The van der Waals surface area contributed by atoms with E-state index in [1.165, 1.54) is 12.0 Å². The van der Waals surface area contributed by atoms with E-state index in [0.717, 1.165) is 32.7 Å². The summed E-state index contributed by atoms with van der Waals surface area (Å²) in [5.74, 6) is 0. The van der Waals surface area contributed by atoms with Gasteiger partial charge in [-0.25, -0.2) is 0 Å². The van der Waals surface area contributed by atoms with Gasteiger partial charge in [0, 0.05) is 6.54 Å². The van der Waals surface area contributed by atoms with E-state index in [2.05, 4.69) is 18.8 Å². The van der Waals surface area contributed by atoms with Crippen LogP contribution in [0.5, 0.6) is 0 Å². The number of rotatable bonds is 8. The Morgan fingerprint density at radius 3 is 2.67 bits per heavy atom. The Morgan fingerprint density at radius 2 is 2.08 bits per heavy atom. The Morgan fingerprint density at radius 1 is 1.33 bits per heavy atom. The molecule has 0 aliphatic rings. The first kappa shape index (κ1) is 11.7. The molecule has 0 atom stereocenters. The van der Waals surface area contributed by atoms with Crippen LogP contribution in [0.3, 0.4) is 0 Å². The highest BCUT2D eigenvalue weighted by Gasteiger charge is 1.88. The molecule has 0 radical (unpaired) electrons. The summed E-state index contributed by atoms with van der Waals surface area (Å²) in [6, 6.07) is 0. The summed E-state index contributed by atoms with van der Waals surface area (Å²) in [4.78, 5) is 0. The second-order valence-corrected chi connectivity index (χ2v) is 3.07. The first-order valence-corrected chi connectivity index (χ1v) is 4.70. The molecular formula is C10H21NO. The molecule has 2 heteroatoms. The van der Waals surface area contributed by atoms with Crippen molar-refractivity contribution in [3.63, 3.8) is 0 Å². The fraction of sp³-hybridized carbons (Fsp3) is 0.800. The van der Waals surface area contributed by atoms with Gasteiger partial charge in [0.05, 0.1) is 13.2 Å². The third-order valence-corrected chi connectivity index (χ3v) is 1.52. The smallest absolute Gasteiger partial charge is 0.0591 e. The molecule has 1 N–H and O–H groups in total. The summed E-state index contributed by atoms with van der Waals surface area (Å²) in [5.41, 5.74) is 1.19. The molecule has 0 aromatic heterocycles. The van der Waals surface area contributed by atoms with Crippen molar-refractivity contribution < 1.29 is 4.74 Å². The van der Waals surface area contributed by atoms with Crippen LogP contribution in [0.4, 0.5) is 0 Å². The van der Waals surface area contributed by atoms with Crippen molar-refractivity contribution in [3.05, 3.63) is 12.2 Å². The van der Waals surface area contributed by atoms with Gasteiger partial charge >= 0.3 is 0 Å². The topological polar surface area (TPSA) is 21.3 Å². The van der Waals surface area contributed by atoms with Crippen LogP contribution in [0.1, 0.15) is 26.7 Å². The fourth-order valence-corrected chi connectivity index (χ4v) is 0.795. The molecule has 0 heterocycles. The average Bonchev–Trinajstić information content (AvgIpc) is 2.02. The van der Waals surface area contributed by atoms with E-state index in [4.69, 9.17) is 4.74 Å². The van der Waals surface area contributed by atoms with Gasteiger partial charge in [0.15, 0.2) is 0 Å². The lowest BCUT2D eigenvalue weighted by molar-refractivity contribution is 0.139. The predicted molar refractivity (Wildman–Crippen MR) is 53.4 cm³/mol. The maximum atomic E-state index is 5.37. The zero-order valence-electron chi connectivity index (χ0n) is 8.36. The van der Waals surface area contributed by atoms with Crippen molar-refractivity contribution in [1.82, 2.24) is 5.32 Å². The average molecular weight is 171 g/mol. The maximum Gasteiger partial charge on any atom is 0.0591 e. The monoisotopic (exact) mass is 171 g/mol. The zero-order chi connectivity index (χ0) is 9.23. The molecule has 0 unspecified atom stereocenters. The van der Waals surface area contributed by atoms with Crippen molar-refractivity contribution in [2.24, 2.45) is 0 Å². The van der Waals surface area contributed by atoms with E-state index < -0.39 is 0 Å². The predicted octanol–water partition coefficient (Wildman–Crippen LogP) is 1.97. The molecule has 0 aliphatic heterocycles. The van der Waals surface area contributed by atoms with Crippen LogP contribution in [0.25, 0.3) is 0 Å². The van der Waals surface area contributed by atoms with Crippen LogP contribution in [-0.2, 0) is 4.74 Å². The van der Waals surface area contributed by atoms with Crippen LogP contribution in [0.2, 0.25) is 0 Å². The van der Waals surface area contributed by atoms with Crippen LogP contribution in [0, 0.1) is 0 Å². The van der Waals surface area contributed by atoms with Crippen LogP contribution >= 0.6 is 0 Å². The van der Waals surface area contributed by atoms with Gasteiger partial charge in [-0.2, -0.15) is 0 Å². The van der Waals surface area contributed by atoms with Crippen LogP contribution in [0.15, 0.2) is 12.2 Å². The largest absolute Gasteiger partial charge is 0.380 e. The van der Waals surface area contributed by atoms with Gasteiger partial charge in [0.25, 0.3) is 0 Å². The molecule has 0 saturated heterocycles. The normalized spacial score (nSPS) is 10.2. The van der Waals surface area contributed by atoms with Crippen molar-refractivity contribution in [1.29, 1.82) is 0 Å². The molecular weight excluding hydrogens is 150 g/mol. The number of nitrogens with one attached hydrogen (secondary N) is 1. The molecule has 0 amide bonds. The van der Waals surface area contributed by atoms with E-state index in [1.54, 1.807) is 0 Å². The summed E-state index contributed by atoms with van der Waals surface area (Å²) in [5, 5.41) is 3.28. The quantitative estimate of drug-likeness (QED) is 0.445. The summed E-state index contributed by atoms with van der Waals surface area (Å²) in [6.07, 6.45) is 2.17. The molecule has 0 aromatic carbocycles. The van der Waals surface area contributed by atoms with Gasteiger partial charge in [-0.05, 0) is 26.3 Å². The Kier molecular flexibility index (Phi) is 8.51. The SMILES string of the molecule is C=C(C)CCOCCNCCC. The van der Waals surface area contributed by atoms with Gasteiger partial charge < -0.3 is 10.1 Å². The Bertz CT molecular complexity index is 112. The number of hydrogen-bond donors (Lipinski definition) is 1. The summed E-state index contributed by atoms with van der Waals surface area (Å²) >= 11 is 0. The molecule has 0 aromatic rings. The Hall–Kier alpha value is -0.340. The highest BCUT2D eigenvalue weighted by atomic mass is 16.5. The highest BCUT2D eigenvalue weighted by molar-refractivity contribution is 4.86. The minimum absolute atomic E-state index is 0.809. The molecule has 0 aliphatic carbocycles. The van der Waals surface area contributed by atoms with Crippen molar-refractivity contribution >= 4 is 0 Å². The summed E-state index contributed by atoms with van der Waals surface area (Å²) in [6.45, 7) is 11.7. The first-order chi connectivity index (χ1) is 5.77. The minimum atomic E-state index is 0.809. The van der Waals surface area contributed by atoms with Gasteiger partial charge in [0.1, 0.15) is 0 Å². The highest BCUT2D eigenvalue weighted by Crippen LogP contribution is 1.94. The van der Waals surface area contributed by atoms with Crippen molar-refractivity contribution in [2.45, 2.75) is 26.7 Å². The van der Waals surface area contributed by atoms with Gasteiger partial charge in [-0.15, -0.1) is 6.58 Å². The summed E-state index contributed by atoms with van der Waals surface area (Å²) < 4.78 is 5.37. The third-order valence-electron chi connectivity index (χ3n) is 1.52. The molecule has 0 bridgehead atoms. The lowest BCUT2D eigenvalue weighted by Gasteiger charge is -2.04. The minimum Gasteiger partial charge on any atom is -0.380 e. The van der Waals surface area contributed by atoms with E-state index in [9.17, 15) is 0 Å². The molecule has 72 valence electrons. The van der Waals surface area contributed by atoms with E-state index >= 15 is 0 Å². The Balaban J connectivity index is 2.86. The molecule has 0 rings (SSSR count). The van der Waals surface area contributed by atoms with E-state index in [1.807, 2.05) is 6.92 Å². The lowest BCUT2D eigenvalue weighted by Crippen LogP contribution is -2.20. The van der Waals surface area contributed by atoms with Gasteiger partial charge in [-0.3, -0.25) is 0 Å². The zero-order valence-corrected chi connectivity index (χ0v) is 8.36. The standard InChI is InChI=1S/C10H21NO/c1-4-6-11-7-9-12-8-5-10(2)3/h11H,2,4-9H2,1,3H3. The summed E-state index contributed by atoms with van der Waals surface area (Å²) in [7, 11) is 0. The van der Waals surface area contributed by atoms with Crippen LogP contribution in [-0.4, -0.2) is 26.3 Å². The molecule has 12 heavy (non-hydrogen) atoms. The molecule has 0 saturated carbocycles. The first-order valence-electron chi connectivity index (χ1n) is 4.70. The lowest BCUT2D eigenvalue weighted by atomic mass is 10.3. The van der Waals surface area contributed by atoms with E-state index in [0.29, 0.717) is 0 Å².